The fraction of sp³-hybridized carbons (Fsp3) is 0.0769. The molecule has 1 aliphatic rings. The number of hydrogen-bond donors (Lipinski definition) is 0. The van der Waals surface area contributed by atoms with E-state index in [9.17, 15) is 0 Å². The molecule has 0 radical (unpaired) electrons. The lowest BCUT2D eigenvalue weighted by Crippen LogP contribution is -2.35. The van der Waals surface area contributed by atoms with Crippen LogP contribution < -0.4 is 4.90 Å². The lowest BCUT2D eigenvalue weighted by molar-refractivity contribution is 0.728. The van der Waals surface area contributed by atoms with Crippen LogP contribution in [0.5, 0.6) is 0 Å². The van der Waals surface area contributed by atoms with Gasteiger partial charge in [0.15, 0.2) is 0 Å². The van der Waals surface area contributed by atoms with E-state index in [1.165, 1.54) is 72.0 Å². The molecule has 0 fully saturated rings. The molecule has 1 aliphatic heterocycles. The van der Waals surface area contributed by atoms with Crippen LogP contribution in [-0.4, -0.2) is 4.57 Å². The highest BCUT2D eigenvalue weighted by Crippen LogP contribution is 2.54. The van der Waals surface area contributed by atoms with E-state index in [0.717, 1.165) is 17.1 Å². The van der Waals surface area contributed by atoms with Gasteiger partial charge in [-0.25, -0.2) is 0 Å². The third-order valence-electron chi connectivity index (χ3n) is 11.2. The van der Waals surface area contributed by atoms with Crippen LogP contribution in [0, 0.1) is 13.8 Å². The van der Waals surface area contributed by atoms with Gasteiger partial charge in [-0.3, -0.25) is 0 Å². The average molecular weight is 697 g/mol. The molecule has 9 aromatic rings. The van der Waals surface area contributed by atoms with Crippen LogP contribution in [-0.2, 0) is 5.41 Å². The van der Waals surface area contributed by atoms with E-state index in [0.29, 0.717) is 0 Å². The zero-order valence-electron chi connectivity index (χ0n) is 29.9. The van der Waals surface area contributed by atoms with E-state index in [-0.39, 0.29) is 8.85 Å². The molecule has 0 aliphatic carbocycles. The highest BCUT2D eigenvalue weighted by atomic mass is 15.1. The second-order valence-corrected chi connectivity index (χ2v) is 14.3. The summed E-state index contributed by atoms with van der Waals surface area (Å²) < 4.78 is 2.51. The first-order valence-corrected chi connectivity index (χ1v) is 18.4. The van der Waals surface area contributed by atoms with Crippen molar-refractivity contribution in [1.82, 2.24) is 4.57 Å². The predicted octanol–water partition coefficient (Wildman–Crippen LogP) is 14.1. The maximum absolute atomic E-state index is 2.51. The summed E-state index contributed by atoms with van der Waals surface area (Å²) in [7, 11) is 0. The van der Waals surface area contributed by atoms with Gasteiger partial charge in [-0.15, -0.1) is 0 Å². The third kappa shape index (κ3) is 5.02. The number of fused-ring (bicyclic) bond motifs is 5. The van der Waals surface area contributed by atoms with E-state index >= 15 is 0 Å². The summed E-state index contributed by atoms with van der Waals surface area (Å²) in [6.45, 7) is 4.27. The van der Waals surface area contributed by atoms with Gasteiger partial charge in [-0.05, 0) is 102 Å². The maximum atomic E-state index is 2.51. The van der Waals surface area contributed by atoms with Crippen molar-refractivity contribution in [3.05, 3.63) is 228 Å². The lowest BCUT2D eigenvalue weighted by Gasteiger charge is -2.41. The van der Waals surface area contributed by atoms with Crippen molar-refractivity contribution in [3.63, 3.8) is 0 Å². The Morgan fingerprint density at radius 2 is 0.944 bits per heavy atom. The van der Waals surface area contributed by atoms with Gasteiger partial charge in [-0.1, -0.05) is 158 Å². The Bertz CT molecular complexity index is 2680. The van der Waals surface area contributed by atoms with E-state index in [1.54, 1.807) is 0 Å². The molecule has 262 valence electrons. The van der Waals surface area contributed by atoms with Gasteiger partial charge >= 0.3 is 0 Å². The molecule has 0 bridgehead atoms. The zero-order chi connectivity index (χ0) is 35.5. The zero-order valence-corrected chi connectivity index (χ0v) is 29.9. The molecule has 0 spiro atoms. The van der Waals surface area contributed by atoms with Gasteiger partial charge in [0.1, 0.15) is 0 Å². The summed E-state index contributed by atoms with van der Waals surface area (Å²) in [5, 5.41) is 2.53. The van der Waals surface area contributed by atoms with E-state index in [1.807, 2.05) is 0 Å². The minimum atomic E-state index is -0.470. The van der Waals surface area contributed by atoms with Gasteiger partial charge in [-0.2, -0.15) is 0 Å². The molecular weight excluding hydrogens is 653 g/mol. The smallest absolute Gasteiger partial charge is 0.0742 e. The Labute approximate surface area is 319 Å². The number of benzene rings is 8. The van der Waals surface area contributed by atoms with Gasteiger partial charge in [0.25, 0.3) is 0 Å². The Balaban J connectivity index is 0.00000214. The van der Waals surface area contributed by atoms with Crippen molar-refractivity contribution in [3.8, 4) is 16.8 Å². The minimum absolute atomic E-state index is 0. The monoisotopic (exact) mass is 696 g/mol. The number of hydrogen-bond acceptors (Lipinski definition) is 1. The fourth-order valence-electron chi connectivity index (χ4n) is 8.73. The Kier molecular flexibility index (Phi) is 8.05. The van der Waals surface area contributed by atoms with Crippen LogP contribution in [0.1, 0.15) is 42.2 Å². The maximum Gasteiger partial charge on any atom is 0.0742 e. The molecule has 0 N–H and O–H groups in total. The second kappa shape index (κ2) is 13.1. The number of rotatable bonds is 6. The minimum Gasteiger partial charge on any atom is -0.311 e. The molecule has 2 heterocycles. The summed E-state index contributed by atoms with van der Waals surface area (Å²) in [6, 6.07) is 71.6. The van der Waals surface area contributed by atoms with Gasteiger partial charge in [0.05, 0.1) is 22.1 Å². The third-order valence-corrected chi connectivity index (χ3v) is 11.2. The summed E-state index contributed by atoms with van der Waals surface area (Å²) in [5.41, 5.74) is 16.7. The summed E-state index contributed by atoms with van der Waals surface area (Å²) >= 11 is 0. The number of anilines is 3. The van der Waals surface area contributed by atoms with Gasteiger partial charge < -0.3 is 9.47 Å². The number of nitrogens with zero attached hydrogens (tertiary/aromatic N) is 2. The highest BCUT2D eigenvalue weighted by molar-refractivity contribution is 6.13. The average Bonchev–Trinajstić information content (AvgIpc) is 3.55. The van der Waals surface area contributed by atoms with Crippen LogP contribution >= 0.6 is 0 Å². The van der Waals surface area contributed by atoms with Crippen molar-refractivity contribution >= 4 is 38.9 Å². The standard InChI is InChI=1S/C51H38N2.CH4.H2/c1-35-20-27-41(28-21-35)52(42-29-22-36(2)23-30-42)43-31-24-37(25-32-43)38-26-33-48-45(34-38)44-16-11-18-47-50(44)53(48)49-19-10-9-17-46(49)51(47,39-12-5-3-6-13-39)40-14-7-4-8-15-40;;/h3-34H,1-2H3;1H4;1H. The molecule has 10 rings (SSSR count). The number of aryl methyl sites for hydroxylation is 2. The number of para-hydroxylation sites is 2. The van der Waals surface area contributed by atoms with Crippen molar-refractivity contribution in [2.24, 2.45) is 0 Å². The largest absolute Gasteiger partial charge is 0.311 e. The molecule has 0 atom stereocenters. The Morgan fingerprint density at radius 3 is 1.54 bits per heavy atom. The predicted molar refractivity (Wildman–Crippen MR) is 231 cm³/mol. The fourth-order valence-corrected chi connectivity index (χ4v) is 8.73. The van der Waals surface area contributed by atoms with Crippen molar-refractivity contribution < 1.29 is 1.43 Å². The molecule has 0 saturated carbocycles. The molecule has 8 aromatic carbocycles. The molecule has 2 nitrogen and oxygen atoms in total. The van der Waals surface area contributed by atoms with Gasteiger partial charge in [0, 0.05) is 29.3 Å². The van der Waals surface area contributed by atoms with Crippen molar-refractivity contribution in [2.75, 3.05) is 4.90 Å². The lowest BCUT2D eigenvalue weighted by atomic mass is 9.63. The van der Waals surface area contributed by atoms with E-state index in [2.05, 4.69) is 217 Å². The topological polar surface area (TPSA) is 8.17 Å². The van der Waals surface area contributed by atoms with E-state index < -0.39 is 5.41 Å². The first kappa shape index (κ1) is 33.2. The second-order valence-electron chi connectivity index (χ2n) is 14.3. The molecule has 0 amide bonds. The van der Waals surface area contributed by atoms with Crippen LogP contribution in [0.25, 0.3) is 38.6 Å². The Hall–Kier alpha value is -6.64. The summed E-state index contributed by atoms with van der Waals surface area (Å²) in [6.07, 6.45) is 0. The molecule has 0 unspecified atom stereocenters. The SMILES string of the molecule is C.Cc1ccc(N(c2ccc(C)cc2)c2ccc(-c3ccc4c(c3)c3cccc5c3n4-c3ccccc3C5(c3ccccc3)c3ccccc3)cc2)cc1.[HH]. The van der Waals surface area contributed by atoms with Crippen LogP contribution in [0.3, 0.4) is 0 Å². The molecule has 0 saturated heterocycles. The van der Waals surface area contributed by atoms with Crippen molar-refractivity contribution in [1.29, 1.82) is 0 Å². The normalized spacial score (nSPS) is 12.6. The van der Waals surface area contributed by atoms with Crippen LogP contribution in [0.4, 0.5) is 17.1 Å². The first-order valence-electron chi connectivity index (χ1n) is 18.4. The van der Waals surface area contributed by atoms with Crippen LogP contribution in [0.15, 0.2) is 194 Å². The molecule has 54 heavy (non-hydrogen) atoms. The van der Waals surface area contributed by atoms with Gasteiger partial charge in [0.2, 0.25) is 0 Å². The molecule has 1 aromatic heterocycles. The molecule has 2 heteroatoms. The Morgan fingerprint density at radius 1 is 0.444 bits per heavy atom. The summed E-state index contributed by atoms with van der Waals surface area (Å²) in [5.74, 6) is 0. The van der Waals surface area contributed by atoms with E-state index in [4.69, 9.17) is 0 Å². The molecular formula is C52H44N2. The van der Waals surface area contributed by atoms with Crippen LogP contribution in [0.2, 0.25) is 0 Å². The summed E-state index contributed by atoms with van der Waals surface area (Å²) in [4.78, 5) is 2.33. The number of aromatic nitrogens is 1. The first-order chi connectivity index (χ1) is 26.1. The highest BCUT2D eigenvalue weighted by Gasteiger charge is 2.45. The quantitative estimate of drug-likeness (QED) is 0.168. The van der Waals surface area contributed by atoms with Crippen molar-refractivity contribution in [2.45, 2.75) is 26.7 Å².